The van der Waals surface area contributed by atoms with Crippen LogP contribution in [0, 0.1) is 11.8 Å². The molecule has 4 heteroatoms. The number of para-hydroxylation sites is 1. The molecule has 1 aliphatic heterocycles. The van der Waals surface area contributed by atoms with E-state index in [1.54, 1.807) is 0 Å². The molecule has 4 nitrogen and oxygen atoms in total. The molecule has 1 N–H and O–H groups in total. The van der Waals surface area contributed by atoms with Gasteiger partial charge in [0.1, 0.15) is 5.75 Å². The van der Waals surface area contributed by atoms with Gasteiger partial charge in [0.15, 0.2) is 6.61 Å². The SMILES string of the molecule is CC1CC(C)CN(CCCNC(=O)COc2ccccc2-c2ccccc2)C1. The molecule has 2 atom stereocenters. The van der Waals surface area contributed by atoms with Crippen LogP contribution in [0.1, 0.15) is 26.7 Å². The Morgan fingerprint density at radius 3 is 2.46 bits per heavy atom. The van der Waals surface area contributed by atoms with Crippen molar-refractivity contribution < 1.29 is 9.53 Å². The molecule has 1 fully saturated rings. The second kappa shape index (κ2) is 10.3. The predicted molar refractivity (Wildman–Crippen MR) is 114 cm³/mol. The Balaban J connectivity index is 1.41. The van der Waals surface area contributed by atoms with Crippen LogP contribution in [0.25, 0.3) is 11.1 Å². The fraction of sp³-hybridized carbons (Fsp3) is 0.458. The highest BCUT2D eigenvalue weighted by Crippen LogP contribution is 2.29. The minimum atomic E-state index is -0.0664. The van der Waals surface area contributed by atoms with E-state index < -0.39 is 0 Å². The Hall–Kier alpha value is -2.33. The fourth-order valence-corrected chi connectivity index (χ4v) is 4.15. The zero-order chi connectivity index (χ0) is 19.8. The number of benzene rings is 2. The molecule has 2 aromatic carbocycles. The number of carbonyl (C=O) groups excluding carboxylic acids is 1. The van der Waals surface area contributed by atoms with E-state index in [4.69, 9.17) is 4.74 Å². The normalized spacial score (nSPS) is 19.9. The number of piperidine rings is 1. The molecule has 0 bridgehead atoms. The van der Waals surface area contributed by atoms with Crippen LogP contribution in [-0.2, 0) is 4.79 Å². The Labute approximate surface area is 168 Å². The minimum Gasteiger partial charge on any atom is -0.483 e. The summed E-state index contributed by atoms with van der Waals surface area (Å²) in [5, 5.41) is 2.98. The van der Waals surface area contributed by atoms with Crippen LogP contribution in [0.15, 0.2) is 54.6 Å². The Kier molecular flexibility index (Phi) is 7.49. The molecule has 2 unspecified atom stereocenters. The molecule has 3 rings (SSSR count). The number of hydrogen-bond donors (Lipinski definition) is 1. The summed E-state index contributed by atoms with van der Waals surface area (Å²) in [5.41, 5.74) is 2.09. The first-order valence-electron chi connectivity index (χ1n) is 10.4. The van der Waals surface area contributed by atoms with E-state index in [0.29, 0.717) is 6.54 Å². The molecule has 150 valence electrons. The zero-order valence-corrected chi connectivity index (χ0v) is 17.1. The van der Waals surface area contributed by atoms with Gasteiger partial charge in [0.2, 0.25) is 0 Å². The van der Waals surface area contributed by atoms with Crippen molar-refractivity contribution in [1.82, 2.24) is 10.2 Å². The second-order valence-electron chi connectivity index (χ2n) is 8.06. The first-order valence-corrected chi connectivity index (χ1v) is 10.4. The molecule has 2 aromatic rings. The standard InChI is InChI=1S/C24H32N2O2/c1-19-15-20(2)17-26(16-19)14-8-13-25-24(27)18-28-23-12-7-6-11-22(23)21-9-4-3-5-10-21/h3-7,9-12,19-20H,8,13-18H2,1-2H3,(H,25,27). The quantitative estimate of drug-likeness (QED) is 0.697. The monoisotopic (exact) mass is 380 g/mol. The second-order valence-corrected chi connectivity index (χ2v) is 8.06. The van der Waals surface area contributed by atoms with Crippen LogP contribution in [-0.4, -0.2) is 43.6 Å². The molecule has 28 heavy (non-hydrogen) atoms. The number of likely N-dealkylation sites (tertiary alicyclic amines) is 1. The van der Waals surface area contributed by atoms with E-state index in [1.807, 2.05) is 54.6 Å². The van der Waals surface area contributed by atoms with E-state index in [1.165, 1.54) is 19.5 Å². The third-order valence-electron chi connectivity index (χ3n) is 5.25. The summed E-state index contributed by atoms with van der Waals surface area (Å²) in [7, 11) is 0. The van der Waals surface area contributed by atoms with Crippen LogP contribution in [0.4, 0.5) is 0 Å². The molecule has 1 amide bonds. The number of amides is 1. The number of carbonyl (C=O) groups is 1. The molecule has 1 aliphatic rings. The van der Waals surface area contributed by atoms with Crippen LogP contribution in [0.3, 0.4) is 0 Å². The van der Waals surface area contributed by atoms with Gasteiger partial charge in [-0.25, -0.2) is 0 Å². The summed E-state index contributed by atoms with van der Waals surface area (Å²) in [6.07, 6.45) is 2.31. The Morgan fingerprint density at radius 1 is 1.04 bits per heavy atom. The Morgan fingerprint density at radius 2 is 1.71 bits per heavy atom. The van der Waals surface area contributed by atoms with Crippen molar-refractivity contribution in [1.29, 1.82) is 0 Å². The maximum absolute atomic E-state index is 12.2. The van der Waals surface area contributed by atoms with Crippen LogP contribution >= 0.6 is 0 Å². The number of nitrogens with one attached hydrogen (secondary N) is 1. The lowest BCUT2D eigenvalue weighted by Crippen LogP contribution is -2.40. The summed E-state index contributed by atoms with van der Waals surface area (Å²) in [6, 6.07) is 17.9. The van der Waals surface area contributed by atoms with Gasteiger partial charge in [0, 0.05) is 25.2 Å². The van der Waals surface area contributed by atoms with E-state index in [-0.39, 0.29) is 12.5 Å². The third kappa shape index (κ3) is 6.10. The molecule has 1 saturated heterocycles. The number of hydrogen-bond acceptors (Lipinski definition) is 3. The third-order valence-corrected chi connectivity index (χ3v) is 5.25. The van der Waals surface area contributed by atoms with Crippen molar-refractivity contribution in [3.05, 3.63) is 54.6 Å². The van der Waals surface area contributed by atoms with Crippen molar-refractivity contribution in [3.8, 4) is 16.9 Å². The zero-order valence-electron chi connectivity index (χ0n) is 17.1. The summed E-state index contributed by atoms with van der Waals surface area (Å²) in [4.78, 5) is 14.7. The average Bonchev–Trinajstić information content (AvgIpc) is 2.70. The highest BCUT2D eigenvalue weighted by atomic mass is 16.5. The van der Waals surface area contributed by atoms with Crippen LogP contribution in [0.5, 0.6) is 5.75 Å². The average molecular weight is 381 g/mol. The lowest BCUT2D eigenvalue weighted by Gasteiger charge is -2.34. The molecular formula is C24H32N2O2. The molecule has 0 spiro atoms. The van der Waals surface area contributed by atoms with Gasteiger partial charge in [0.25, 0.3) is 5.91 Å². The van der Waals surface area contributed by atoms with Gasteiger partial charge in [-0.05, 0) is 42.9 Å². The fourth-order valence-electron chi connectivity index (χ4n) is 4.15. The molecule has 0 saturated carbocycles. The van der Waals surface area contributed by atoms with Crippen LogP contribution < -0.4 is 10.1 Å². The first-order chi connectivity index (χ1) is 13.6. The van der Waals surface area contributed by atoms with Gasteiger partial charge >= 0.3 is 0 Å². The molecule has 0 aliphatic carbocycles. The molecule has 0 radical (unpaired) electrons. The highest BCUT2D eigenvalue weighted by Gasteiger charge is 2.21. The van der Waals surface area contributed by atoms with Gasteiger partial charge in [0.05, 0.1) is 0 Å². The maximum Gasteiger partial charge on any atom is 0.257 e. The minimum absolute atomic E-state index is 0.0433. The lowest BCUT2D eigenvalue weighted by atomic mass is 9.92. The molecular weight excluding hydrogens is 348 g/mol. The van der Waals surface area contributed by atoms with E-state index in [9.17, 15) is 4.79 Å². The summed E-state index contributed by atoms with van der Waals surface area (Å²) in [5.74, 6) is 2.22. The van der Waals surface area contributed by atoms with Crippen molar-refractivity contribution in [2.75, 3.05) is 32.8 Å². The smallest absolute Gasteiger partial charge is 0.257 e. The van der Waals surface area contributed by atoms with E-state index >= 15 is 0 Å². The topological polar surface area (TPSA) is 41.6 Å². The maximum atomic E-state index is 12.2. The molecule has 1 heterocycles. The van der Waals surface area contributed by atoms with E-state index in [2.05, 4.69) is 24.1 Å². The van der Waals surface area contributed by atoms with Gasteiger partial charge < -0.3 is 15.0 Å². The molecule has 0 aromatic heterocycles. The lowest BCUT2D eigenvalue weighted by molar-refractivity contribution is -0.123. The van der Waals surface area contributed by atoms with E-state index in [0.717, 1.165) is 41.7 Å². The van der Waals surface area contributed by atoms with Crippen molar-refractivity contribution >= 4 is 5.91 Å². The van der Waals surface area contributed by atoms with Crippen molar-refractivity contribution in [3.63, 3.8) is 0 Å². The van der Waals surface area contributed by atoms with Crippen molar-refractivity contribution in [2.24, 2.45) is 11.8 Å². The van der Waals surface area contributed by atoms with Gasteiger partial charge in [-0.15, -0.1) is 0 Å². The highest BCUT2D eigenvalue weighted by molar-refractivity contribution is 5.78. The number of nitrogens with zero attached hydrogens (tertiary/aromatic N) is 1. The van der Waals surface area contributed by atoms with Crippen molar-refractivity contribution in [2.45, 2.75) is 26.7 Å². The van der Waals surface area contributed by atoms with Gasteiger partial charge in [-0.3, -0.25) is 4.79 Å². The Bertz CT molecular complexity index is 737. The summed E-state index contributed by atoms with van der Waals surface area (Å²) in [6.45, 7) is 8.80. The summed E-state index contributed by atoms with van der Waals surface area (Å²) >= 11 is 0. The van der Waals surface area contributed by atoms with Crippen LogP contribution in [0.2, 0.25) is 0 Å². The first kappa shape index (κ1) is 20.4. The van der Waals surface area contributed by atoms with Gasteiger partial charge in [-0.2, -0.15) is 0 Å². The predicted octanol–water partition coefficient (Wildman–Crippen LogP) is 4.22. The van der Waals surface area contributed by atoms with Gasteiger partial charge in [-0.1, -0.05) is 62.4 Å². The largest absolute Gasteiger partial charge is 0.483 e. The summed E-state index contributed by atoms with van der Waals surface area (Å²) < 4.78 is 5.81. The number of ether oxygens (including phenoxy) is 1. The number of rotatable bonds is 8.